The summed E-state index contributed by atoms with van der Waals surface area (Å²) in [4.78, 5) is 4.52. The lowest BCUT2D eigenvalue weighted by molar-refractivity contribution is 0.290. The molecule has 0 spiro atoms. The van der Waals surface area contributed by atoms with E-state index in [1.807, 2.05) is 29.9 Å². The summed E-state index contributed by atoms with van der Waals surface area (Å²) >= 11 is 0. The van der Waals surface area contributed by atoms with E-state index < -0.39 is 0 Å². The highest BCUT2D eigenvalue weighted by molar-refractivity contribution is 5.75. The number of anilines is 1. The molecule has 2 aromatic heterocycles. The molecule has 1 saturated carbocycles. The Kier molecular flexibility index (Phi) is 5.90. The van der Waals surface area contributed by atoms with Gasteiger partial charge in [0.25, 0.3) is 0 Å². The molecular formula is C23H28N4O. The predicted octanol–water partition coefficient (Wildman–Crippen LogP) is 5.60. The zero-order chi connectivity index (χ0) is 19.2. The summed E-state index contributed by atoms with van der Waals surface area (Å²) in [6, 6.07) is 12.3. The molecule has 0 saturated heterocycles. The Hall–Kier alpha value is -2.82. The molecule has 146 valence electrons. The van der Waals surface area contributed by atoms with Gasteiger partial charge in [-0.05, 0) is 48.4 Å². The van der Waals surface area contributed by atoms with Gasteiger partial charge >= 0.3 is 0 Å². The van der Waals surface area contributed by atoms with Gasteiger partial charge in [-0.1, -0.05) is 44.6 Å². The van der Waals surface area contributed by atoms with Crippen molar-refractivity contribution in [3.63, 3.8) is 0 Å². The quantitative estimate of drug-likeness (QED) is 0.646. The summed E-state index contributed by atoms with van der Waals surface area (Å²) < 4.78 is 7.68. The highest BCUT2D eigenvalue weighted by Crippen LogP contribution is 2.37. The molecule has 3 aromatic rings. The second-order valence-corrected chi connectivity index (χ2v) is 7.28. The molecule has 0 bridgehead atoms. The molecule has 5 heteroatoms. The van der Waals surface area contributed by atoms with Crippen LogP contribution < -0.4 is 10.1 Å². The minimum absolute atomic E-state index is 0.528. The van der Waals surface area contributed by atoms with Gasteiger partial charge in [0, 0.05) is 24.5 Å². The van der Waals surface area contributed by atoms with Gasteiger partial charge in [-0.3, -0.25) is 0 Å². The molecule has 1 aliphatic heterocycles. The van der Waals surface area contributed by atoms with Crippen molar-refractivity contribution in [2.75, 3.05) is 11.9 Å². The Balaban J connectivity index is 0.000000275. The number of nitrogens with zero attached hydrogens (tertiary/aromatic N) is 3. The average Bonchev–Trinajstić information content (AvgIpc) is 3.30. The lowest BCUT2D eigenvalue weighted by Gasteiger charge is -2.21. The van der Waals surface area contributed by atoms with Crippen LogP contribution in [-0.4, -0.2) is 21.3 Å². The molecule has 5 nitrogen and oxygen atoms in total. The third-order valence-electron chi connectivity index (χ3n) is 5.23. The zero-order valence-electron chi connectivity index (χ0n) is 16.5. The van der Waals surface area contributed by atoms with Crippen LogP contribution in [0, 0.1) is 0 Å². The number of aromatic nitrogens is 3. The van der Waals surface area contributed by atoms with E-state index in [9.17, 15) is 0 Å². The van der Waals surface area contributed by atoms with Gasteiger partial charge in [0.05, 0.1) is 5.69 Å². The molecule has 1 aliphatic carbocycles. The van der Waals surface area contributed by atoms with Gasteiger partial charge in [0.1, 0.15) is 12.4 Å². The molecule has 0 atom stereocenters. The van der Waals surface area contributed by atoms with Gasteiger partial charge in [-0.25, -0.2) is 4.68 Å². The number of pyridine rings is 1. The second-order valence-electron chi connectivity index (χ2n) is 7.28. The molecule has 28 heavy (non-hydrogen) atoms. The van der Waals surface area contributed by atoms with Crippen LogP contribution in [0.2, 0.25) is 0 Å². The normalized spacial score (nSPS) is 14.8. The van der Waals surface area contributed by atoms with Gasteiger partial charge < -0.3 is 10.1 Å². The molecule has 1 fully saturated rings. The third-order valence-corrected chi connectivity index (χ3v) is 5.23. The van der Waals surface area contributed by atoms with Crippen molar-refractivity contribution in [3.05, 3.63) is 54.4 Å². The first-order valence-electron chi connectivity index (χ1n) is 10.4. The van der Waals surface area contributed by atoms with Crippen LogP contribution in [-0.2, 0) is 6.61 Å². The fourth-order valence-corrected chi connectivity index (χ4v) is 3.77. The molecular weight excluding hydrogens is 348 g/mol. The van der Waals surface area contributed by atoms with Crippen LogP contribution >= 0.6 is 0 Å². The Labute approximate surface area is 166 Å². The standard InChI is InChI=1S/C17H16N4O.C6H12/c1-2-18-16-7-6-15-14-5-4-13(21-9-3-8-19-21)10-12(14)11-22-17(15)20-16;1-2-4-6-5-3-1/h3-10H,2,11H2,1H3,(H,18,20);1-6H2. The number of benzene rings is 1. The van der Waals surface area contributed by atoms with Gasteiger partial charge in [-0.2, -0.15) is 10.1 Å². The first-order valence-corrected chi connectivity index (χ1v) is 10.4. The van der Waals surface area contributed by atoms with Crippen molar-refractivity contribution in [3.8, 4) is 22.7 Å². The van der Waals surface area contributed by atoms with Crippen LogP contribution in [0.1, 0.15) is 51.0 Å². The molecule has 0 unspecified atom stereocenters. The summed E-state index contributed by atoms with van der Waals surface area (Å²) in [5.41, 5.74) is 4.40. The molecule has 1 N–H and O–H groups in total. The fraction of sp³-hybridized carbons (Fsp3) is 0.391. The second kappa shape index (κ2) is 8.91. The van der Waals surface area contributed by atoms with E-state index in [4.69, 9.17) is 4.74 Å². The van der Waals surface area contributed by atoms with Crippen LogP contribution in [0.15, 0.2) is 48.8 Å². The molecule has 5 rings (SSSR count). The fourth-order valence-electron chi connectivity index (χ4n) is 3.77. The third kappa shape index (κ3) is 4.19. The van der Waals surface area contributed by atoms with Crippen molar-refractivity contribution in [2.24, 2.45) is 0 Å². The van der Waals surface area contributed by atoms with Gasteiger partial charge in [0.2, 0.25) is 5.88 Å². The maximum Gasteiger partial charge on any atom is 0.223 e. The van der Waals surface area contributed by atoms with E-state index >= 15 is 0 Å². The molecule has 2 aliphatic rings. The number of nitrogens with one attached hydrogen (secondary N) is 1. The molecule has 1 aromatic carbocycles. The van der Waals surface area contributed by atoms with Crippen molar-refractivity contribution in [1.82, 2.24) is 14.8 Å². The summed E-state index contributed by atoms with van der Waals surface area (Å²) in [5.74, 6) is 1.54. The van der Waals surface area contributed by atoms with Crippen LogP contribution in [0.5, 0.6) is 5.88 Å². The van der Waals surface area contributed by atoms with Gasteiger partial charge in [-0.15, -0.1) is 0 Å². The highest BCUT2D eigenvalue weighted by Gasteiger charge is 2.19. The Morgan fingerprint density at radius 1 is 1.00 bits per heavy atom. The monoisotopic (exact) mass is 376 g/mol. The van der Waals surface area contributed by atoms with Crippen LogP contribution in [0.3, 0.4) is 0 Å². The van der Waals surface area contributed by atoms with Crippen molar-refractivity contribution in [2.45, 2.75) is 52.1 Å². The van der Waals surface area contributed by atoms with E-state index in [1.165, 1.54) is 44.1 Å². The van der Waals surface area contributed by atoms with Crippen LogP contribution in [0.4, 0.5) is 5.82 Å². The van der Waals surface area contributed by atoms with E-state index in [0.29, 0.717) is 12.5 Å². The van der Waals surface area contributed by atoms with Crippen molar-refractivity contribution in [1.29, 1.82) is 0 Å². The number of ether oxygens (including phenoxy) is 1. The summed E-state index contributed by atoms with van der Waals surface area (Å²) in [6.45, 7) is 3.42. The lowest BCUT2D eigenvalue weighted by Crippen LogP contribution is -2.09. The Morgan fingerprint density at radius 3 is 2.43 bits per heavy atom. The maximum atomic E-state index is 5.83. The summed E-state index contributed by atoms with van der Waals surface area (Å²) in [6.07, 6.45) is 12.7. The van der Waals surface area contributed by atoms with Crippen molar-refractivity contribution < 1.29 is 4.74 Å². The Morgan fingerprint density at radius 2 is 1.75 bits per heavy atom. The summed E-state index contributed by atoms with van der Waals surface area (Å²) in [5, 5.41) is 7.47. The number of rotatable bonds is 3. The van der Waals surface area contributed by atoms with E-state index in [2.05, 4.69) is 39.7 Å². The first-order chi connectivity index (χ1) is 13.8. The van der Waals surface area contributed by atoms with E-state index in [0.717, 1.165) is 29.2 Å². The minimum Gasteiger partial charge on any atom is -0.472 e. The Bertz CT molecular complexity index is 889. The van der Waals surface area contributed by atoms with Crippen LogP contribution in [0.25, 0.3) is 16.8 Å². The van der Waals surface area contributed by atoms with E-state index in [1.54, 1.807) is 6.20 Å². The maximum absolute atomic E-state index is 5.83. The smallest absolute Gasteiger partial charge is 0.223 e. The molecule has 0 amide bonds. The summed E-state index contributed by atoms with van der Waals surface area (Å²) in [7, 11) is 0. The largest absolute Gasteiger partial charge is 0.472 e. The number of hydrogen-bond donors (Lipinski definition) is 1. The van der Waals surface area contributed by atoms with E-state index in [-0.39, 0.29) is 0 Å². The lowest BCUT2D eigenvalue weighted by atomic mass is 9.98. The average molecular weight is 377 g/mol. The number of hydrogen-bond acceptors (Lipinski definition) is 4. The van der Waals surface area contributed by atoms with Gasteiger partial charge in [0.15, 0.2) is 0 Å². The highest BCUT2D eigenvalue weighted by atomic mass is 16.5. The molecule has 0 radical (unpaired) electrons. The number of fused-ring (bicyclic) bond motifs is 3. The minimum atomic E-state index is 0.528. The topological polar surface area (TPSA) is 52.0 Å². The molecule has 3 heterocycles. The SMILES string of the molecule is C1CCCCC1.CCNc1ccc2c(n1)OCc1cc(-n3cccn3)ccc1-2. The zero-order valence-corrected chi connectivity index (χ0v) is 16.5. The predicted molar refractivity (Wildman–Crippen MR) is 113 cm³/mol. The first kappa shape index (κ1) is 18.5. The van der Waals surface area contributed by atoms with Crippen molar-refractivity contribution >= 4 is 5.82 Å².